The molecule has 4 rings (SSSR count). The van der Waals surface area contributed by atoms with Gasteiger partial charge in [0.05, 0.1) is 5.69 Å². The van der Waals surface area contributed by atoms with Gasteiger partial charge in [0.2, 0.25) is 0 Å². The first-order valence-corrected chi connectivity index (χ1v) is 9.48. The highest BCUT2D eigenvalue weighted by atomic mass is 32.1. The van der Waals surface area contributed by atoms with E-state index in [9.17, 15) is 4.79 Å². The van der Waals surface area contributed by atoms with Gasteiger partial charge in [-0.2, -0.15) is 0 Å². The third-order valence-electron chi connectivity index (χ3n) is 4.51. The second-order valence-electron chi connectivity index (χ2n) is 6.47. The molecule has 4 aromatic rings. The fraction of sp³-hybridized carbons (Fsp3) is 0.0909. The number of carbonyl (C=O) groups is 1. The summed E-state index contributed by atoms with van der Waals surface area (Å²) in [6.07, 6.45) is 0. The van der Waals surface area contributed by atoms with E-state index in [1.165, 1.54) is 11.3 Å². The van der Waals surface area contributed by atoms with Gasteiger partial charge in [-0.3, -0.25) is 4.79 Å². The molecule has 0 spiro atoms. The molecule has 0 aliphatic rings. The number of aromatic nitrogens is 1. The molecule has 0 aliphatic heterocycles. The number of pyridine rings is 1. The van der Waals surface area contributed by atoms with Crippen molar-refractivity contribution in [3.05, 3.63) is 76.8 Å². The van der Waals surface area contributed by atoms with Crippen molar-refractivity contribution in [3.63, 3.8) is 0 Å². The molecule has 0 aliphatic carbocycles. The van der Waals surface area contributed by atoms with Crippen molar-refractivity contribution >= 4 is 38.8 Å². The van der Waals surface area contributed by atoms with E-state index in [2.05, 4.69) is 10.3 Å². The quantitative estimate of drug-likeness (QED) is 0.504. The predicted molar refractivity (Wildman–Crippen MR) is 113 cm³/mol. The number of thiophene rings is 1. The third kappa shape index (κ3) is 3.17. The van der Waals surface area contributed by atoms with Crippen molar-refractivity contribution in [2.45, 2.75) is 13.8 Å². The van der Waals surface area contributed by atoms with Crippen molar-refractivity contribution in [3.8, 4) is 11.1 Å². The summed E-state index contributed by atoms with van der Waals surface area (Å²) in [5.41, 5.74) is 11.7. The van der Waals surface area contributed by atoms with Gasteiger partial charge in [-0.25, -0.2) is 4.98 Å². The Morgan fingerprint density at radius 3 is 2.48 bits per heavy atom. The molecule has 4 nitrogen and oxygen atoms in total. The van der Waals surface area contributed by atoms with Crippen LogP contribution >= 0.6 is 11.3 Å². The zero-order valence-corrected chi connectivity index (χ0v) is 15.9. The van der Waals surface area contributed by atoms with Crippen molar-refractivity contribution < 1.29 is 4.79 Å². The summed E-state index contributed by atoms with van der Waals surface area (Å²) >= 11 is 1.33. The predicted octanol–water partition coefficient (Wildman–Crippen LogP) is 5.41. The largest absolute Gasteiger partial charge is 0.397 e. The van der Waals surface area contributed by atoms with Gasteiger partial charge in [-0.15, -0.1) is 11.3 Å². The Balaban J connectivity index is 1.83. The highest BCUT2D eigenvalue weighted by molar-refractivity contribution is 7.21. The maximum absolute atomic E-state index is 12.9. The van der Waals surface area contributed by atoms with Gasteiger partial charge >= 0.3 is 0 Å². The summed E-state index contributed by atoms with van der Waals surface area (Å²) in [5.74, 6) is -0.207. The minimum atomic E-state index is -0.207. The van der Waals surface area contributed by atoms with Gasteiger partial charge in [-0.1, -0.05) is 48.5 Å². The number of fused-ring (bicyclic) bond motifs is 1. The zero-order valence-electron chi connectivity index (χ0n) is 15.1. The minimum absolute atomic E-state index is 0.207. The van der Waals surface area contributed by atoms with Crippen LogP contribution in [0, 0.1) is 13.8 Å². The molecule has 0 saturated heterocycles. The van der Waals surface area contributed by atoms with Crippen LogP contribution in [0.2, 0.25) is 0 Å². The number of hydrogen-bond donors (Lipinski definition) is 2. The summed E-state index contributed by atoms with van der Waals surface area (Å²) in [6.45, 7) is 3.91. The summed E-state index contributed by atoms with van der Waals surface area (Å²) in [5, 5.41) is 3.81. The van der Waals surface area contributed by atoms with Crippen LogP contribution in [0.15, 0.2) is 60.7 Å². The molecule has 2 heterocycles. The van der Waals surface area contributed by atoms with Crippen LogP contribution in [0.4, 0.5) is 11.4 Å². The van der Waals surface area contributed by atoms with E-state index < -0.39 is 0 Å². The van der Waals surface area contributed by atoms with Gasteiger partial charge in [-0.05, 0) is 42.7 Å². The lowest BCUT2D eigenvalue weighted by atomic mass is 10.0. The Kier molecular flexibility index (Phi) is 4.38. The molecule has 1 amide bonds. The zero-order chi connectivity index (χ0) is 19.0. The number of hydrogen-bond acceptors (Lipinski definition) is 4. The monoisotopic (exact) mass is 373 g/mol. The van der Waals surface area contributed by atoms with Gasteiger partial charge in [0.15, 0.2) is 0 Å². The summed E-state index contributed by atoms with van der Waals surface area (Å²) in [4.78, 5) is 18.8. The molecule has 3 N–H and O–H groups in total. The van der Waals surface area contributed by atoms with Crippen molar-refractivity contribution in [2.75, 3.05) is 11.1 Å². The van der Waals surface area contributed by atoms with Crippen molar-refractivity contribution in [2.24, 2.45) is 0 Å². The number of anilines is 2. The van der Waals surface area contributed by atoms with Gasteiger partial charge in [0.1, 0.15) is 9.71 Å². The summed E-state index contributed by atoms with van der Waals surface area (Å²) in [7, 11) is 0. The molecule has 0 saturated carbocycles. The van der Waals surface area contributed by atoms with E-state index >= 15 is 0 Å². The molecule has 0 bridgehead atoms. The Bertz CT molecular complexity index is 1150. The van der Waals surface area contributed by atoms with E-state index in [-0.39, 0.29) is 5.91 Å². The SMILES string of the molecule is Cc1cc(-c2ccccc2)c2c(N)c(C(=O)Nc3ccccc3C)sc2n1. The second kappa shape index (κ2) is 6.85. The second-order valence-corrected chi connectivity index (χ2v) is 7.47. The number of nitrogens with two attached hydrogens (primary N) is 1. The normalized spacial score (nSPS) is 10.9. The molecule has 0 unspecified atom stereocenters. The Hall–Kier alpha value is -3.18. The molecule has 5 heteroatoms. The number of benzene rings is 2. The van der Waals surface area contributed by atoms with Gasteiger partial charge in [0.25, 0.3) is 5.91 Å². The number of nitrogens with one attached hydrogen (secondary N) is 1. The number of carbonyl (C=O) groups excluding carboxylic acids is 1. The van der Waals surface area contributed by atoms with Crippen LogP contribution in [-0.4, -0.2) is 10.9 Å². The molecular formula is C22H19N3OS. The summed E-state index contributed by atoms with van der Waals surface area (Å²) in [6, 6.07) is 19.7. The fourth-order valence-electron chi connectivity index (χ4n) is 3.15. The Morgan fingerprint density at radius 1 is 1.04 bits per heavy atom. The number of aryl methyl sites for hydroxylation is 2. The lowest BCUT2D eigenvalue weighted by molar-refractivity contribution is 0.103. The number of para-hydroxylation sites is 1. The van der Waals surface area contributed by atoms with Crippen LogP contribution in [-0.2, 0) is 0 Å². The average molecular weight is 373 g/mol. The molecule has 0 atom stereocenters. The van der Waals surface area contributed by atoms with E-state index in [0.717, 1.165) is 38.3 Å². The number of nitrogens with zero attached hydrogens (tertiary/aromatic N) is 1. The van der Waals surface area contributed by atoms with Crippen LogP contribution in [0.1, 0.15) is 20.9 Å². The molecule has 2 aromatic heterocycles. The number of amides is 1. The molecule has 27 heavy (non-hydrogen) atoms. The van der Waals surface area contributed by atoms with Gasteiger partial charge in [0, 0.05) is 16.8 Å². The van der Waals surface area contributed by atoms with E-state index in [4.69, 9.17) is 5.73 Å². The highest BCUT2D eigenvalue weighted by Gasteiger charge is 2.21. The lowest BCUT2D eigenvalue weighted by Crippen LogP contribution is -2.12. The Labute approximate surface area is 161 Å². The van der Waals surface area contributed by atoms with E-state index in [0.29, 0.717) is 10.6 Å². The minimum Gasteiger partial charge on any atom is -0.397 e. The first-order valence-electron chi connectivity index (χ1n) is 8.66. The third-order valence-corrected chi connectivity index (χ3v) is 5.61. The van der Waals surface area contributed by atoms with Crippen LogP contribution < -0.4 is 11.1 Å². The van der Waals surface area contributed by atoms with Crippen LogP contribution in [0.25, 0.3) is 21.3 Å². The van der Waals surface area contributed by atoms with Crippen molar-refractivity contribution in [1.82, 2.24) is 4.98 Å². The molecule has 0 fully saturated rings. The number of nitrogen functional groups attached to an aromatic ring is 1. The van der Waals surface area contributed by atoms with Crippen LogP contribution in [0.3, 0.4) is 0 Å². The standard InChI is InChI=1S/C22H19N3OS/c1-13-8-6-7-11-17(13)25-21(26)20-19(23)18-16(15-9-4-3-5-10-15)12-14(2)24-22(18)27-20/h3-12H,23H2,1-2H3,(H,25,26). The average Bonchev–Trinajstić information content (AvgIpc) is 3.00. The first-order chi connectivity index (χ1) is 13.0. The molecule has 0 radical (unpaired) electrons. The lowest BCUT2D eigenvalue weighted by Gasteiger charge is -2.08. The fourth-order valence-corrected chi connectivity index (χ4v) is 4.21. The molecule has 134 valence electrons. The first kappa shape index (κ1) is 17.2. The molecule has 2 aromatic carbocycles. The molecular weight excluding hydrogens is 354 g/mol. The number of rotatable bonds is 3. The van der Waals surface area contributed by atoms with Crippen LogP contribution in [0.5, 0.6) is 0 Å². The maximum Gasteiger partial charge on any atom is 0.267 e. The smallest absolute Gasteiger partial charge is 0.267 e. The topological polar surface area (TPSA) is 68.0 Å². The summed E-state index contributed by atoms with van der Waals surface area (Å²) < 4.78 is 0. The van der Waals surface area contributed by atoms with Crippen molar-refractivity contribution in [1.29, 1.82) is 0 Å². The van der Waals surface area contributed by atoms with E-state index in [1.54, 1.807) is 0 Å². The highest BCUT2D eigenvalue weighted by Crippen LogP contribution is 2.40. The van der Waals surface area contributed by atoms with E-state index in [1.807, 2.05) is 74.5 Å². The maximum atomic E-state index is 12.9. The Morgan fingerprint density at radius 2 is 1.74 bits per heavy atom. The van der Waals surface area contributed by atoms with Gasteiger partial charge < -0.3 is 11.1 Å².